The molecule has 0 atom stereocenters. The highest BCUT2D eigenvalue weighted by molar-refractivity contribution is 6.27. The summed E-state index contributed by atoms with van der Waals surface area (Å²) in [5, 5.41) is 10.2. The van der Waals surface area contributed by atoms with Gasteiger partial charge in [-0.3, -0.25) is 0 Å². The van der Waals surface area contributed by atoms with Crippen molar-refractivity contribution in [1.29, 1.82) is 0 Å². The molecule has 1 heterocycles. The van der Waals surface area contributed by atoms with E-state index >= 15 is 0 Å². The highest BCUT2D eigenvalue weighted by atomic mass is 15.0. The number of benzene rings is 8. The average Bonchev–Trinajstić information content (AvgIpc) is 3.40. The molecule has 43 heavy (non-hydrogen) atoms. The van der Waals surface area contributed by atoms with Gasteiger partial charge in [-0.15, -0.1) is 0 Å². The van der Waals surface area contributed by atoms with Crippen LogP contribution in [-0.4, -0.2) is 4.57 Å². The number of rotatable bonds is 3. The highest BCUT2D eigenvalue weighted by Crippen LogP contribution is 2.47. The van der Waals surface area contributed by atoms with Gasteiger partial charge in [-0.1, -0.05) is 133 Å². The van der Waals surface area contributed by atoms with E-state index in [9.17, 15) is 0 Å². The summed E-state index contributed by atoms with van der Waals surface area (Å²) in [5.41, 5.74) is 8.70. The van der Waals surface area contributed by atoms with E-state index in [0.717, 1.165) is 0 Å². The molecule has 0 aliphatic heterocycles. The summed E-state index contributed by atoms with van der Waals surface area (Å²) in [7, 11) is 0. The predicted molar refractivity (Wildman–Crippen MR) is 184 cm³/mol. The van der Waals surface area contributed by atoms with Crippen molar-refractivity contribution in [3.05, 3.63) is 164 Å². The van der Waals surface area contributed by atoms with Crippen molar-refractivity contribution in [2.24, 2.45) is 0 Å². The first kappa shape index (κ1) is 24.0. The van der Waals surface area contributed by atoms with Gasteiger partial charge in [-0.05, 0) is 84.9 Å². The number of aromatic nitrogens is 1. The summed E-state index contributed by atoms with van der Waals surface area (Å²) in [5.74, 6) is 0. The standard InChI is InChI=1S/C42H27N/c1-3-14-28(15-4-1)40-32-20-9-11-22-34(32)41(35-23-12-10-21-33(35)40)36-24-13-25-38-42(36)37-26-29-16-7-8-17-30(29)27-39(37)43(38)31-18-5-2-6-19-31/h1-27H. The second-order valence-electron chi connectivity index (χ2n) is 11.3. The fourth-order valence-electron chi connectivity index (χ4n) is 7.15. The smallest absolute Gasteiger partial charge is 0.0547 e. The lowest BCUT2D eigenvalue weighted by atomic mass is 9.85. The summed E-state index contributed by atoms with van der Waals surface area (Å²) in [6.07, 6.45) is 0. The Morgan fingerprint density at radius 3 is 1.53 bits per heavy atom. The van der Waals surface area contributed by atoms with Crippen LogP contribution in [0.25, 0.3) is 82.1 Å². The molecule has 0 aliphatic rings. The van der Waals surface area contributed by atoms with Crippen LogP contribution in [0, 0.1) is 0 Å². The summed E-state index contributed by atoms with van der Waals surface area (Å²) in [6, 6.07) is 59.7. The first-order valence-corrected chi connectivity index (χ1v) is 14.9. The monoisotopic (exact) mass is 545 g/mol. The van der Waals surface area contributed by atoms with Crippen molar-refractivity contribution >= 4 is 54.1 Å². The zero-order chi connectivity index (χ0) is 28.3. The van der Waals surface area contributed by atoms with E-state index < -0.39 is 0 Å². The Morgan fingerprint density at radius 1 is 0.349 bits per heavy atom. The molecule has 0 saturated heterocycles. The molecule has 8 aromatic carbocycles. The van der Waals surface area contributed by atoms with Gasteiger partial charge in [-0.25, -0.2) is 0 Å². The Bertz CT molecular complexity index is 2430. The predicted octanol–water partition coefficient (Wildman–Crippen LogP) is 11.6. The van der Waals surface area contributed by atoms with Gasteiger partial charge in [-0.2, -0.15) is 0 Å². The van der Waals surface area contributed by atoms with Crippen molar-refractivity contribution in [1.82, 2.24) is 4.57 Å². The van der Waals surface area contributed by atoms with Crippen LogP contribution in [0.5, 0.6) is 0 Å². The molecule has 0 saturated carbocycles. The Kier molecular flexibility index (Phi) is 5.27. The Hall–Kier alpha value is -5.66. The number of hydrogen-bond acceptors (Lipinski definition) is 0. The van der Waals surface area contributed by atoms with Crippen LogP contribution < -0.4 is 0 Å². The third kappa shape index (κ3) is 3.58. The van der Waals surface area contributed by atoms with E-state index in [4.69, 9.17) is 0 Å². The van der Waals surface area contributed by atoms with Crippen LogP contribution in [0.2, 0.25) is 0 Å². The highest BCUT2D eigenvalue weighted by Gasteiger charge is 2.21. The van der Waals surface area contributed by atoms with Crippen LogP contribution in [0.1, 0.15) is 0 Å². The largest absolute Gasteiger partial charge is 0.309 e. The van der Waals surface area contributed by atoms with Crippen molar-refractivity contribution in [2.75, 3.05) is 0 Å². The minimum atomic E-state index is 1.17. The van der Waals surface area contributed by atoms with E-state index in [-0.39, 0.29) is 0 Å². The zero-order valence-electron chi connectivity index (χ0n) is 23.5. The van der Waals surface area contributed by atoms with E-state index in [1.807, 2.05) is 0 Å². The molecule has 0 unspecified atom stereocenters. The summed E-state index contributed by atoms with van der Waals surface area (Å²) in [4.78, 5) is 0. The van der Waals surface area contributed by atoms with Gasteiger partial charge in [0.1, 0.15) is 0 Å². The first-order chi connectivity index (χ1) is 21.4. The number of para-hydroxylation sites is 1. The SMILES string of the molecule is c1ccc(-c2c3ccccc3c(-c3cccc4c3c3cc5ccccc5cc3n4-c3ccccc3)c3ccccc23)cc1. The third-order valence-corrected chi connectivity index (χ3v) is 8.94. The molecule has 0 fully saturated rings. The van der Waals surface area contributed by atoms with E-state index in [0.29, 0.717) is 0 Å². The topological polar surface area (TPSA) is 4.93 Å². The van der Waals surface area contributed by atoms with Crippen LogP contribution in [0.15, 0.2) is 164 Å². The van der Waals surface area contributed by atoms with Gasteiger partial charge < -0.3 is 4.57 Å². The average molecular weight is 546 g/mol. The van der Waals surface area contributed by atoms with Gasteiger partial charge in [0.05, 0.1) is 11.0 Å². The molecule has 0 N–H and O–H groups in total. The fourth-order valence-corrected chi connectivity index (χ4v) is 7.15. The summed E-state index contributed by atoms with van der Waals surface area (Å²) in [6.45, 7) is 0. The van der Waals surface area contributed by atoms with Gasteiger partial charge >= 0.3 is 0 Å². The second-order valence-corrected chi connectivity index (χ2v) is 11.3. The molecule has 0 aliphatic carbocycles. The molecule has 0 spiro atoms. The maximum atomic E-state index is 2.43. The molecule has 200 valence electrons. The molecule has 1 aromatic heterocycles. The quantitative estimate of drug-likeness (QED) is 0.195. The van der Waals surface area contributed by atoms with E-state index in [1.54, 1.807) is 0 Å². The summed E-state index contributed by atoms with van der Waals surface area (Å²) < 4.78 is 2.43. The van der Waals surface area contributed by atoms with Crippen LogP contribution in [0.4, 0.5) is 0 Å². The van der Waals surface area contributed by atoms with Crippen molar-refractivity contribution in [2.45, 2.75) is 0 Å². The molecule has 9 aromatic rings. The molecule has 0 amide bonds. The second kappa shape index (κ2) is 9.44. The fraction of sp³-hybridized carbons (Fsp3) is 0. The maximum absolute atomic E-state index is 2.43. The van der Waals surface area contributed by atoms with Gasteiger partial charge in [0.25, 0.3) is 0 Å². The lowest BCUT2D eigenvalue weighted by molar-refractivity contribution is 1.18. The van der Waals surface area contributed by atoms with Crippen LogP contribution in [-0.2, 0) is 0 Å². The number of hydrogen-bond donors (Lipinski definition) is 0. The molecule has 1 nitrogen and oxygen atoms in total. The molecular weight excluding hydrogens is 518 g/mol. The van der Waals surface area contributed by atoms with Gasteiger partial charge in [0, 0.05) is 16.5 Å². The van der Waals surface area contributed by atoms with E-state index in [1.165, 1.54) is 82.1 Å². The molecule has 9 rings (SSSR count). The molecular formula is C42H27N. The Labute approximate surface area is 249 Å². The molecule has 1 heteroatoms. The van der Waals surface area contributed by atoms with Crippen LogP contribution in [0.3, 0.4) is 0 Å². The van der Waals surface area contributed by atoms with Crippen molar-refractivity contribution in [3.63, 3.8) is 0 Å². The van der Waals surface area contributed by atoms with Gasteiger partial charge in [0.2, 0.25) is 0 Å². The zero-order valence-corrected chi connectivity index (χ0v) is 23.5. The van der Waals surface area contributed by atoms with Crippen molar-refractivity contribution in [3.8, 4) is 27.9 Å². The maximum Gasteiger partial charge on any atom is 0.0547 e. The minimum Gasteiger partial charge on any atom is -0.309 e. The molecule has 0 radical (unpaired) electrons. The minimum absolute atomic E-state index is 1.17. The first-order valence-electron chi connectivity index (χ1n) is 14.9. The normalized spacial score (nSPS) is 11.7. The number of fused-ring (bicyclic) bond motifs is 6. The summed E-state index contributed by atoms with van der Waals surface area (Å²) >= 11 is 0. The Balaban J connectivity index is 1.49. The lowest BCUT2D eigenvalue weighted by Crippen LogP contribution is -1.94. The Morgan fingerprint density at radius 2 is 0.884 bits per heavy atom. The third-order valence-electron chi connectivity index (χ3n) is 8.94. The van der Waals surface area contributed by atoms with E-state index in [2.05, 4.69) is 168 Å². The van der Waals surface area contributed by atoms with Crippen LogP contribution >= 0.6 is 0 Å². The van der Waals surface area contributed by atoms with Crippen molar-refractivity contribution < 1.29 is 0 Å². The lowest BCUT2D eigenvalue weighted by Gasteiger charge is -2.18. The number of nitrogens with zero attached hydrogens (tertiary/aromatic N) is 1. The van der Waals surface area contributed by atoms with Gasteiger partial charge in [0.15, 0.2) is 0 Å². The molecule has 0 bridgehead atoms.